The molecule has 0 radical (unpaired) electrons. The molecule has 0 amide bonds. The summed E-state index contributed by atoms with van der Waals surface area (Å²) in [4.78, 5) is 24.2. The number of rotatable bonds is 5. The van der Waals surface area contributed by atoms with Gasteiger partial charge in [-0.1, -0.05) is 6.92 Å². The predicted molar refractivity (Wildman–Crippen MR) is 102 cm³/mol. The minimum absolute atomic E-state index is 0.196. The standard InChI is InChI=1S/C20H23N3O5/c1-3-14-17(20(24)26-4-2)21-18(22-19(14)23-7-9-25-10-8-23)13-5-6-15-16(11-13)28-12-27-15/h5-6,11H,3-4,7-10,12H2,1-2H3. The van der Waals surface area contributed by atoms with Gasteiger partial charge >= 0.3 is 5.97 Å². The molecule has 1 saturated heterocycles. The van der Waals surface area contributed by atoms with Crippen molar-refractivity contribution in [1.29, 1.82) is 0 Å². The molecule has 0 saturated carbocycles. The third kappa shape index (κ3) is 3.47. The lowest BCUT2D eigenvalue weighted by Crippen LogP contribution is -2.38. The molecule has 148 valence electrons. The number of benzene rings is 1. The molecule has 4 rings (SSSR count). The van der Waals surface area contributed by atoms with Gasteiger partial charge in [-0.3, -0.25) is 0 Å². The molecule has 8 heteroatoms. The predicted octanol–water partition coefficient (Wildman–Crippen LogP) is 2.45. The Morgan fingerprint density at radius 3 is 2.68 bits per heavy atom. The molecule has 2 aromatic rings. The molecule has 3 heterocycles. The summed E-state index contributed by atoms with van der Waals surface area (Å²) < 4.78 is 21.6. The van der Waals surface area contributed by atoms with Crippen LogP contribution < -0.4 is 14.4 Å². The Hall–Kier alpha value is -2.87. The van der Waals surface area contributed by atoms with E-state index < -0.39 is 5.97 Å². The van der Waals surface area contributed by atoms with Crippen molar-refractivity contribution in [3.05, 3.63) is 29.5 Å². The summed E-state index contributed by atoms with van der Waals surface area (Å²) in [5.41, 5.74) is 1.87. The van der Waals surface area contributed by atoms with Crippen LogP contribution in [-0.2, 0) is 15.9 Å². The smallest absolute Gasteiger partial charge is 0.357 e. The van der Waals surface area contributed by atoms with Crippen molar-refractivity contribution in [1.82, 2.24) is 9.97 Å². The van der Waals surface area contributed by atoms with Gasteiger partial charge in [-0.15, -0.1) is 0 Å². The molecule has 0 unspecified atom stereocenters. The monoisotopic (exact) mass is 385 g/mol. The summed E-state index contributed by atoms with van der Waals surface area (Å²) in [6, 6.07) is 5.53. The number of carbonyl (C=O) groups excluding carboxylic acids is 1. The molecule has 0 N–H and O–H groups in total. The number of carbonyl (C=O) groups is 1. The van der Waals surface area contributed by atoms with Crippen LogP contribution in [0.25, 0.3) is 11.4 Å². The number of aromatic nitrogens is 2. The third-order valence-electron chi connectivity index (χ3n) is 4.75. The molecule has 1 aromatic carbocycles. The first-order chi connectivity index (χ1) is 13.7. The van der Waals surface area contributed by atoms with E-state index in [0.29, 0.717) is 55.7 Å². The summed E-state index contributed by atoms with van der Waals surface area (Å²) in [5, 5.41) is 0. The average Bonchev–Trinajstić information content (AvgIpc) is 3.21. The van der Waals surface area contributed by atoms with E-state index in [1.807, 2.05) is 25.1 Å². The number of nitrogens with zero attached hydrogens (tertiary/aromatic N) is 3. The average molecular weight is 385 g/mol. The fraction of sp³-hybridized carbons (Fsp3) is 0.450. The van der Waals surface area contributed by atoms with Gasteiger partial charge in [-0.05, 0) is 31.5 Å². The van der Waals surface area contributed by atoms with E-state index in [0.717, 1.165) is 16.9 Å². The van der Waals surface area contributed by atoms with E-state index in [1.54, 1.807) is 6.92 Å². The summed E-state index contributed by atoms with van der Waals surface area (Å²) in [7, 11) is 0. The molecule has 8 nitrogen and oxygen atoms in total. The minimum Gasteiger partial charge on any atom is -0.461 e. The van der Waals surface area contributed by atoms with Crippen molar-refractivity contribution >= 4 is 11.8 Å². The van der Waals surface area contributed by atoms with Crippen LogP contribution in [0.4, 0.5) is 5.82 Å². The number of ether oxygens (including phenoxy) is 4. The lowest BCUT2D eigenvalue weighted by molar-refractivity contribution is 0.0518. The highest BCUT2D eigenvalue weighted by Gasteiger charge is 2.25. The molecule has 0 aliphatic carbocycles. The highest BCUT2D eigenvalue weighted by molar-refractivity contribution is 5.91. The van der Waals surface area contributed by atoms with Gasteiger partial charge in [0.1, 0.15) is 5.82 Å². The van der Waals surface area contributed by atoms with Crippen molar-refractivity contribution in [2.45, 2.75) is 20.3 Å². The Morgan fingerprint density at radius 2 is 1.93 bits per heavy atom. The molecule has 1 fully saturated rings. The molecular formula is C20H23N3O5. The first-order valence-corrected chi connectivity index (χ1v) is 9.52. The Balaban J connectivity index is 1.83. The lowest BCUT2D eigenvalue weighted by atomic mass is 10.1. The largest absolute Gasteiger partial charge is 0.461 e. The maximum absolute atomic E-state index is 12.6. The van der Waals surface area contributed by atoms with E-state index in [-0.39, 0.29) is 13.4 Å². The zero-order chi connectivity index (χ0) is 19.5. The molecular weight excluding hydrogens is 362 g/mol. The van der Waals surface area contributed by atoms with Crippen LogP contribution in [0.3, 0.4) is 0 Å². The number of anilines is 1. The van der Waals surface area contributed by atoms with Gasteiger partial charge in [0.05, 0.1) is 19.8 Å². The van der Waals surface area contributed by atoms with Crippen molar-refractivity contribution in [3.63, 3.8) is 0 Å². The quantitative estimate of drug-likeness (QED) is 0.726. The first-order valence-electron chi connectivity index (χ1n) is 9.52. The second-order valence-corrected chi connectivity index (χ2v) is 6.44. The van der Waals surface area contributed by atoms with E-state index in [1.165, 1.54) is 0 Å². The number of morpholine rings is 1. The number of esters is 1. The van der Waals surface area contributed by atoms with E-state index in [4.69, 9.17) is 23.9 Å². The zero-order valence-electron chi connectivity index (χ0n) is 16.1. The summed E-state index contributed by atoms with van der Waals surface area (Å²) in [5.74, 6) is 2.12. The number of hydrogen-bond donors (Lipinski definition) is 0. The maximum atomic E-state index is 12.6. The number of fused-ring (bicyclic) bond motifs is 1. The molecule has 0 bridgehead atoms. The van der Waals surface area contributed by atoms with Gasteiger partial charge < -0.3 is 23.8 Å². The normalized spacial score (nSPS) is 15.6. The Labute approximate surface area is 163 Å². The van der Waals surface area contributed by atoms with E-state index in [2.05, 4.69) is 9.88 Å². The molecule has 0 atom stereocenters. The third-order valence-corrected chi connectivity index (χ3v) is 4.75. The maximum Gasteiger partial charge on any atom is 0.357 e. The highest BCUT2D eigenvalue weighted by atomic mass is 16.7. The van der Waals surface area contributed by atoms with Gasteiger partial charge in [0, 0.05) is 24.2 Å². The van der Waals surface area contributed by atoms with Crippen molar-refractivity contribution in [2.24, 2.45) is 0 Å². The van der Waals surface area contributed by atoms with Crippen molar-refractivity contribution in [2.75, 3.05) is 44.6 Å². The second-order valence-electron chi connectivity index (χ2n) is 6.44. The topological polar surface area (TPSA) is 83.0 Å². The van der Waals surface area contributed by atoms with Crippen LogP contribution in [0.15, 0.2) is 18.2 Å². The second kappa shape index (κ2) is 8.02. The summed E-state index contributed by atoms with van der Waals surface area (Å²) in [6.07, 6.45) is 0.627. The number of hydrogen-bond acceptors (Lipinski definition) is 8. The summed E-state index contributed by atoms with van der Waals surface area (Å²) in [6.45, 7) is 6.94. The Bertz CT molecular complexity index is 880. The fourth-order valence-corrected chi connectivity index (χ4v) is 3.37. The highest BCUT2D eigenvalue weighted by Crippen LogP contribution is 2.36. The van der Waals surface area contributed by atoms with Crippen LogP contribution in [0.1, 0.15) is 29.9 Å². The van der Waals surface area contributed by atoms with E-state index >= 15 is 0 Å². The van der Waals surface area contributed by atoms with Crippen LogP contribution in [0.2, 0.25) is 0 Å². The van der Waals surface area contributed by atoms with Crippen LogP contribution >= 0.6 is 0 Å². The SMILES string of the molecule is CCOC(=O)c1nc(-c2ccc3c(c2)OCO3)nc(N2CCOCC2)c1CC. The fourth-order valence-electron chi connectivity index (χ4n) is 3.37. The van der Waals surface area contributed by atoms with Crippen molar-refractivity contribution < 1.29 is 23.7 Å². The molecule has 1 aromatic heterocycles. The van der Waals surface area contributed by atoms with Gasteiger partial charge in [0.2, 0.25) is 6.79 Å². The lowest BCUT2D eigenvalue weighted by Gasteiger charge is -2.30. The van der Waals surface area contributed by atoms with Crippen molar-refractivity contribution in [3.8, 4) is 22.9 Å². The van der Waals surface area contributed by atoms with Crippen LogP contribution in [0.5, 0.6) is 11.5 Å². The van der Waals surface area contributed by atoms with Crippen LogP contribution in [0, 0.1) is 0 Å². The van der Waals surface area contributed by atoms with Gasteiger partial charge in [-0.25, -0.2) is 14.8 Å². The molecule has 28 heavy (non-hydrogen) atoms. The molecule has 0 spiro atoms. The zero-order valence-corrected chi connectivity index (χ0v) is 16.1. The molecule has 2 aliphatic rings. The van der Waals surface area contributed by atoms with Gasteiger partial charge in [-0.2, -0.15) is 0 Å². The Morgan fingerprint density at radius 1 is 1.14 bits per heavy atom. The summed E-state index contributed by atoms with van der Waals surface area (Å²) >= 11 is 0. The Kier molecular flexibility index (Phi) is 5.29. The van der Waals surface area contributed by atoms with Gasteiger partial charge in [0.25, 0.3) is 0 Å². The van der Waals surface area contributed by atoms with E-state index in [9.17, 15) is 4.79 Å². The molecule has 2 aliphatic heterocycles. The minimum atomic E-state index is -0.432. The first kappa shape index (κ1) is 18.5. The van der Waals surface area contributed by atoms with Crippen LogP contribution in [-0.4, -0.2) is 55.6 Å². The van der Waals surface area contributed by atoms with Gasteiger partial charge in [0.15, 0.2) is 23.0 Å².